The summed E-state index contributed by atoms with van der Waals surface area (Å²) in [4.78, 5) is 12.2. The van der Waals surface area contributed by atoms with Crippen LogP contribution in [0.2, 0.25) is 0 Å². The second-order valence-electron chi connectivity index (χ2n) is 5.40. The third-order valence-electron chi connectivity index (χ3n) is 3.47. The minimum atomic E-state index is -4.61. The van der Waals surface area contributed by atoms with Crippen molar-refractivity contribution in [2.45, 2.75) is 36.5 Å². The van der Waals surface area contributed by atoms with Gasteiger partial charge in [-0.3, -0.25) is 4.79 Å². The van der Waals surface area contributed by atoms with Crippen molar-refractivity contribution in [1.29, 1.82) is 0 Å². The Morgan fingerprint density at radius 1 is 1.20 bits per heavy atom. The van der Waals surface area contributed by atoms with Gasteiger partial charge in [0.15, 0.2) is 5.16 Å². The molecule has 0 saturated carbocycles. The molecule has 136 valence electrons. The van der Waals surface area contributed by atoms with Crippen LogP contribution in [0.3, 0.4) is 0 Å². The van der Waals surface area contributed by atoms with Crippen molar-refractivity contribution in [3.8, 4) is 0 Å². The number of nitrogens with one attached hydrogen (secondary N) is 1. The van der Waals surface area contributed by atoms with Crippen molar-refractivity contribution in [3.63, 3.8) is 0 Å². The summed E-state index contributed by atoms with van der Waals surface area (Å²) < 4.78 is 51.8. The second kappa shape index (κ2) is 7.42. The zero-order valence-corrected chi connectivity index (χ0v) is 14.5. The summed E-state index contributed by atoms with van der Waals surface area (Å²) in [7, 11) is 1.19. The van der Waals surface area contributed by atoms with Crippen LogP contribution in [0.25, 0.3) is 0 Å². The van der Waals surface area contributed by atoms with Crippen LogP contribution in [0.1, 0.15) is 31.3 Å². The van der Waals surface area contributed by atoms with Gasteiger partial charge in [0.05, 0.1) is 11.3 Å². The normalized spacial score (nSPS) is 14.2. The summed E-state index contributed by atoms with van der Waals surface area (Å²) in [5.74, 6) is -1.88. The summed E-state index contributed by atoms with van der Waals surface area (Å²) in [6.45, 7) is 3.28. The topological polar surface area (TPSA) is 59.8 Å². The molecule has 0 aliphatic carbocycles. The van der Waals surface area contributed by atoms with Gasteiger partial charge in [-0.2, -0.15) is 13.2 Å². The maximum atomic E-state index is 12.9. The van der Waals surface area contributed by atoms with E-state index in [1.807, 2.05) is 0 Å². The number of halogens is 4. The molecule has 0 unspecified atom stereocenters. The van der Waals surface area contributed by atoms with Crippen LogP contribution < -0.4 is 5.32 Å². The summed E-state index contributed by atoms with van der Waals surface area (Å²) >= 11 is 0.872. The van der Waals surface area contributed by atoms with Gasteiger partial charge >= 0.3 is 6.18 Å². The molecule has 0 radical (unpaired) electrons. The summed E-state index contributed by atoms with van der Waals surface area (Å²) in [5.41, 5.74) is 0.713. The van der Waals surface area contributed by atoms with Crippen molar-refractivity contribution in [2.24, 2.45) is 7.05 Å². The summed E-state index contributed by atoms with van der Waals surface area (Å²) in [5, 5.41) is 8.63. The Hall–Kier alpha value is -2.10. The molecular formula is C15H16F4N4OS. The molecular weight excluding hydrogens is 360 g/mol. The van der Waals surface area contributed by atoms with Gasteiger partial charge < -0.3 is 9.88 Å². The van der Waals surface area contributed by atoms with E-state index in [0.717, 1.165) is 16.3 Å². The zero-order chi connectivity index (χ0) is 18.8. The number of hydrogen-bond donors (Lipinski definition) is 1. The Labute approximate surface area is 145 Å². The standard InChI is InChI=1S/C15H16F4N4OS/c1-8(10-4-6-11(16)7-5-10)20-12(24)9(2)25-14-22-21-13(23(14)3)15(17,18)19/h4-9H,1-3H3,(H,20,24)/t8-,9+/m1/s1. The number of carbonyl (C=O) groups excluding carboxylic acids is 1. The first kappa shape index (κ1) is 19.2. The van der Waals surface area contributed by atoms with E-state index in [2.05, 4.69) is 15.5 Å². The number of nitrogens with zero attached hydrogens (tertiary/aromatic N) is 3. The van der Waals surface area contributed by atoms with Crippen LogP contribution in [0, 0.1) is 5.82 Å². The minimum Gasteiger partial charge on any atom is -0.349 e. The summed E-state index contributed by atoms with van der Waals surface area (Å²) in [6, 6.07) is 5.30. The lowest BCUT2D eigenvalue weighted by Crippen LogP contribution is -2.33. The van der Waals surface area contributed by atoms with E-state index in [0.29, 0.717) is 5.56 Å². The Balaban J connectivity index is 2.01. The molecule has 1 aromatic heterocycles. The van der Waals surface area contributed by atoms with Gasteiger partial charge in [-0.15, -0.1) is 10.2 Å². The quantitative estimate of drug-likeness (QED) is 0.642. The van der Waals surface area contributed by atoms with Crippen molar-refractivity contribution in [3.05, 3.63) is 41.5 Å². The van der Waals surface area contributed by atoms with Gasteiger partial charge in [0, 0.05) is 7.05 Å². The van der Waals surface area contributed by atoms with E-state index in [4.69, 9.17) is 0 Å². The fraction of sp³-hybridized carbons (Fsp3) is 0.400. The lowest BCUT2D eigenvalue weighted by Gasteiger charge is -2.17. The van der Waals surface area contributed by atoms with E-state index in [1.54, 1.807) is 26.0 Å². The molecule has 0 bridgehead atoms. The number of rotatable bonds is 5. The predicted molar refractivity (Wildman–Crippen MR) is 84.3 cm³/mol. The first-order valence-electron chi connectivity index (χ1n) is 7.28. The SMILES string of the molecule is C[C@H](Sc1nnc(C(F)(F)F)n1C)C(=O)N[C@H](C)c1ccc(F)cc1. The number of benzene rings is 1. The molecule has 0 aliphatic heterocycles. The highest BCUT2D eigenvalue weighted by Gasteiger charge is 2.38. The Bertz CT molecular complexity index is 745. The van der Waals surface area contributed by atoms with Crippen LogP contribution in [0.4, 0.5) is 17.6 Å². The minimum absolute atomic E-state index is 0.00981. The number of amides is 1. The van der Waals surface area contributed by atoms with E-state index in [1.165, 1.54) is 19.2 Å². The fourth-order valence-corrected chi connectivity index (χ4v) is 2.87. The van der Waals surface area contributed by atoms with Crippen molar-refractivity contribution >= 4 is 17.7 Å². The lowest BCUT2D eigenvalue weighted by atomic mass is 10.1. The Morgan fingerprint density at radius 2 is 1.80 bits per heavy atom. The highest BCUT2D eigenvalue weighted by molar-refractivity contribution is 8.00. The van der Waals surface area contributed by atoms with Crippen LogP contribution in [-0.2, 0) is 18.0 Å². The number of hydrogen-bond acceptors (Lipinski definition) is 4. The molecule has 0 aliphatic rings. The molecule has 0 spiro atoms. The molecule has 25 heavy (non-hydrogen) atoms. The highest BCUT2D eigenvalue weighted by atomic mass is 32.2. The van der Waals surface area contributed by atoms with Gasteiger partial charge in [-0.25, -0.2) is 4.39 Å². The summed E-state index contributed by atoms with van der Waals surface area (Å²) in [6.07, 6.45) is -4.61. The predicted octanol–water partition coefficient (Wildman–Crippen LogP) is 3.33. The van der Waals surface area contributed by atoms with E-state index in [9.17, 15) is 22.4 Å². The third kappa shape index (κ3) is 4.71. The molecule has 1 heterocycles. The molecule has 2 atom stereocenters. The number of carbonyl (C=O) groups is 1. The van der Waals surface area contributed by atoms with Crippen molar-refractivity contribution in [2.75, 3.05) is 0 Å². The van der Waals surface area contributed by atoms with Crippen LogP contribution in [0.15, 0.2) is 29.4 Å². The van der Waals surface area contributed by atoms with Crippen LogP contribution >= 0.6 is 11.8 Å². The Kier molecular flexibility index (Phi) is 5.71. The van der Waals surface area contributed by atoms with E-state index >= 15 is 0 Å². The smallest absolute Gasteiger partial charge is 0.349 e. The first-order chi connectivity index (χ1) is 11.6. The maximum Gasteiger partial charge on any atom is 0.451 e. The third-order valence-corrected chi connectivity index (χ3v) is 4.60. The molecule has 1 aromatic carbocycles. The molecule has 2 rings (SSSR count). The maximum absolute atomic E-state index is 12.9. The largest absolute Gasteiger partial charge is 0.451 e. The molecule has 0 fully saturated rings. The first-order valence-corrected chi connectivity index (χ1v) is 8.16. The molecule has 5 nitrogen and oxygen atoms in total. The molecule has 1 amide bonds. The zero-order valence-electron chi connectivity index (χ0n) is 13.6. The average Bonchev–Trinajstić information content (AvgIpc) is 2.88. The van der Waals surface area contributed by atoms with Gasteiger partial charge in [0.2, 0.25) is 11.7 Å². The number of aromatic nitrogens is 3. The van der Waals surface area contributed by atoms with Crippen LogP contribution in [-0.4, -0.2) is 25.9 Å². The van der Waals surface area contributed by atoms with Gasteiger partial charge in [0.25, 0.3) is 0 Å². The Morgan fingerprint density at radius 3 is 2.32 bits per heavy atom. The fourth-order valence-electron chi connectivity index (χ4n) is 2.04. The van der Waals surface area contributed by atoms with E-state index in [-0.39, 0.29) is 22.9 Å². The monoisotopic (exact) mass is 376 g/mol. The molecule has 0 saturated heterocycles. The number of alkyl halides is 3. The number of thioether (sulfide) groups is 1. The average molecular weight is 376 g/mol. The molecule has 10 heteroatoms. The molecule has 2 aromatic rings. The van der Waals surface area contributed by atoms with Gasteiger partial charge in [-0.05, 0) is 31.5 Å². The lowest BCUT2D eigenvalue weighted by molar-refractivity contribution is -0.147. The molecule has 1 N–H and O–H groups in total. The van der Waals surface area contributed by atoms with Gasteiger partial charge in [-0.1, -0.05) is 23.9 Å². The van der Waals surface area contributed by atoms with Gasteiger partial charge in [0.1, 0.15) is 5.82 Å². The van der Waals surface area contributed by atoms with Crippen LogP contribution in [0.5, 0.6) is 0 Å². The van der Waals surface area contributed by atoms with Crippen molar-refractivity contribution < 1.29 is 22.4 Å². The van der Waals surface area contributed by atoms with Crippen molar-refractivity contribution in [1.82, 2.24) is 20.1 Å². The van der Waals surface area contributed by atoms with E-state index < -0.39 is 17.3 Å². The highest BCUT2D eigenvalue weighted by Crippen LogP contribution is 2.30. The second-order valence-corrected chi connectivity index (χ2v) is 6.71.